The molecule has 128 valence electrons. The zero-order valence-corrected chi connectivity index (χ0v) is 13.0. The van der Waals surface area contributed by atoms with E-state index < -0.39 is 11.7 Å². The Kier molecular flexibility index (Phi) is 4.29. The predicted molar refractivity (Wildman–Crippen MR) is 80.1 cm³/mol. The van der Waals surface area contributed by atoms with E-state index in [4.69, 9.17) is 0 Å². The van der Waals surface area contributed by atoms with Crippen LogP contribution >= 0.6 is 0 Å². The monoisotopic (exact) mass is 338 g/mol. The molecule has 0 aliphatic heterocycles. The first-order valence-corrected chi connectivity index (χ1v) is 7.65. The third-order valence-corrected chi connectivity index (χ3v) is 4.25. The molecule has 1 aromatic heterocycles. The predicted octanol–water partition coefficient (Wildman–Crippen LogP) is 2.53. The van der Waals surface area contributed by atoms with Gasteiger partial charge < -0.3 is 9.88 Å². The van der Waals surface area contributed by atoms with E-state index in [1.807, 2.05) is 11.5 Å². The van der Waals surface area contributed by atoms with Crippen molar-refractivity contribution in [2.75, 3.05) is 6.54 Å². The summed E-state index contributed by atoms with van der Waals surface area (Å²) in [6, 6.07) is 5.05. The highest BCUT2D eigenvalue weighted by Gasteiger charge is 2.44. The first-order chi connectivity index (χ1) is 11.4. The second kappa shape index (κ2) is 6.26. The molecule has 8 heteroatoms. The number of aromatic nitrogens is 3. The first kappa shape index (κ1) is 16.5. The number of amides is 1. The Hall–Kier alpha value is -2.38. The Morgan fingerprint density at radius 1 is 1.33 bits per heavy atom. The minimum atomic E-state index is -4.33. The number of benzene rings is 1. The Balaban J connectivity index is 1.49. The fourth-order valence-corrected chi connectivity index (χ4v) is 2.74. The second-order valence-corrected chi connectivity index (χ2v) is 5.93. The van der Waals surface area contributed by atoms with Crippen LogP contribution in [0.5, 0.6) is 0 Å². The van der Waals surface area contributed by atoms with Gasteiger partial charge in [-0.1, -0.05) is 12.1 Å². The van der Waals surface area contributed by atoms with Crippen LogP contribution in [0.1, 0.15) is 29.3 Å². The van der Waals surface area contributed by atoms with Crippen LogP contribution in [0.25, 0.3) is 0 Å². The maximum absolute atomic E-state index is 12.6. The molecule has 0 bridgehead atoms. The summed E-state index contributed by atoms with van der Waals surface area (Å²) >= 11 is 0. The number of halogens is 3. The van der Waals surface area contributed by atoms with E-state index in [-0.39, 0.29) is 17.7 Å². The zero-order chi connectivity index (χ0) is 17.3. The van der Waals surface area contributed by atoms with E-state index in [9.17, 15) is 18.0 Å². The molecular weight excluding hydrogens is 321 g/mol. The third-order valence-electron chi connectivity index (χ3n) is 4.25. The van der Waals surface area contributed by atoms with Crippen LogP contribution in [-0.2, 0) is 17.5 Å². The van der Waals surface area contributed by atoms with Crippen LogP contribution in [0.2, 0.25) is 0 Å². The fraction of sp³-hybridized carbons (Fsp3) is 0.438. The Bertz CT molecular complexity index is 724. The van der Waals surface area contributed by atoms with Crippen molar-refractivity contribution in [1.82, 2.24) is 20.1 Å². The summed E-state index contributed by atoms with van der Waals surface area (Å²) in [5.41, 5.74) is 0.106. The molecule has 1 saturated carbocycles. The second-order valence-electron chi connectivity index (χ2n) is 5.93. The van der Waals surface area contributed by atoms with Crippen molar-refractivity contribution in [2.45, 2.75) is 32.0 Å². The number of carbonyl (C=O) groups is 1. The SMILES string of the molecule is Cc1nncn1CCNC(=O)[C@@H]1C[C@H]1c1ccc(C(F)(F)F)cc1. The number of nitrogens with zero attached hydrogens (tertiary/aromatic N) is 3. The molecular formula is C16H17F3N4O. The first-order valence-electron chi connectivity index (χ1n) is 7.65. The molecule has 5 nitrogen and oxygen atoms in total. The third kappa shape index (κ3) is 3.58. The molecule has 24 heavy (non-hydrogen) atoms. The average molecular weight is 338 g/mol. The van der Waals surface area contributed by atoms with Crippen LogP contribution in [0, 0.1) is 12.8 Å². The summed E-state index contributed by atoms with van der Waals surface area (Å²) in [4.78, 5) is 12.1. The quantitative estimate of drug-likeness (QED) is 0.911. The lowest BCUT2D eigenvalue weighted by atomic mass is 10.1. The fourth-order valence-electron chi connectivity index (χ4n) is 2.74. The van der Waals surface area contributed by atoms with Crippen molar-refractivity contribution in [2.24, 2.45) is 5.92 Å². The van der Waals surface area contributed by atoms with Gasteiger partial charge in [0.05, 0.1) is 5.56 Å². The molecule has 1 aromatic carbocycles. The molecule has 2 aromatic rings. The summed E-state index contributed by atoms with van der Waals surface area (Å²) in [5.74, 6) is 0.552. The summed E-state index contributed by atoms with van der Waals surface area (Å²) < 4.78 is 39.5. The lowest BCUT2D eigenvalue weighted by molar-refractivity contribution is -0.137. The lowest BCUT2D eigenvalue weighted by Gasteiger charge is -2.08. The molecule has 2 atom stereocenters. The van der Waals surface area contributed by atoms with Crippen molar-refractivity contribution in [3.63, 3.8) is 0 Å². The maximum atomic E-state index is 12.6. The van der Waals surface area contributed by atoms with Gasteiger partial charge in [-0.3, -0.25) is 4.79 Å². The van der Waals surface area contributed by atoms with Gasteiger partial charge in [-0.15, -0.1) is 10.2 Å². The summed E-state index contributed by atoms with van der Waals surface area (Å²) in [5, 5.41) is 10.5. The number of hydrogen-bond donors (Lipinski definition) is 1. The molecule has 1 fully saturated rings. The number of aryl methyl sites for hydroxylation is 1. The van der Waals surface area contributed by atoms with Crippen molar-refractivity contribution < 1.29 is 18.0 Å². The van der Waals surface area contributed by atoms with Crippen LogP contribution in [0.3, 0.4) is 0 Å². The number of alkyl halides is 3. The van der Waals surface area contributed by atoms with E-state index in [2.05, 4.69) is 15.5 Å². The van der Waals surface area contributed by atoms with Crippen LogP contribution < -0.4 is 5.32 Å². The molecule has 3 rings (SSSR count). The molecule has 1 amide bonds. The van der Waals surface area contributed by atoms with Gasteiger partial charge in [0.15, 0.2) is 0 Å². The zero-order valence-electron chi connectivity index (χ0n) is 13.0. The molecule has 1 heterocycles. The minimum Gasteiger partial charge on any atom is -0.354 e. The molecule has 1 aliphatic rings. The van der Waals surface area contributed by atoms with Gasteiger partial charge in [-0.25, -0.2) is 0 Å². The topological polar surface area (TPSA) is 59.8 Å². The summed E-state index contributed by atoms with van der Waals surface area (Å²) in [6.07, 6.45) is -2.06. The van der Waals surface area contributed by atoms with Gasteiger partial charge >= 0.3 is 6.18 Å². The maximum Gasteiger partial charge on any atom is 0.416 e. The number of hydrogen-bond acceptors (Lipinski definition) is 3. The van der Waals surface area contributed by atoms with Crippen molar-refractivity contribution >= 4 is 5.91 Å². The van der Waals surface area contributed by atoms with Crippen molar-refractivity contribution in [3.8, 4) is 0 Å². The van der Waals surface area contributed by atoms with E-state index in [0.717, 1.165) is 23.5 Å². The van der Waals surface area contributed by atoms with Crippen LogP contribution in [0.4, 0.5) is 13.2 Å². The summed E-state index contributed by atoms with van der Waals surface area (Å²) in [7, 11) is 0. The van der Waals surface area contributed by atoms with Crippen molar-refractivity contribution in [3.05, 3.63) is 47.5 Å². The molecule has 1 aliphatic carbocycles. The molecule has 0 radical (unpaired) electrons. The highest BCUT2D eigenvalue weighted by Crippen LogP contribution is 2.47. The van der Waals surface area contributed by atoms with Crippen LogP contribution in [0.15, 0.2) is 30.6 Å². The molecule has 1 N–H and O–H groups in total. The van der Waals surface area contributed by atoms with Gasteiger partial charge in [0.25, 0.3) is 0 Å². The smallest absolute Gasteiger partial charge is 0.354 e. The highest BCUT2D eigenvalue weighted by molar-refractivity contribution is 5.82. The summed E-state index contributed by atoms with van der Waals surface area (Å²) in [6.45, 7) is 2.88. The molecule has 0 saturated heterocycles. The van der Waals surface area contributed by atoms with Gasteiger partial charge in [0.1, 0.15) is 12.2 Å². The van der Waals surface area contributed by atoms with Gasteiger partial charge in [-0.05, 0) is 37.0 Å². The van der Waals surface area contributed by atoms with Gasteiger partial charge in [0.2, 0.25) is 5.91 Å². The number of carbonyl (C=O) groups excluding carboxylic acids is 1. The largest absolute Gasteiger partial charge is 0.416 e. The normalized spacial score (nSPS) is 20.0. The average Bonchev–Trinajstić information content (AvgIpc) is 3.24. The number of nitrogens with one attached hydrogen (secondary N) is 1. The Morgan fingerprint density at radius 3 is 2.62 bits per heavy atom. The van der Waals surface area contributed by atoms with Crippen LogP contribution in [-0.4, -0.2) is 27.2 Å². The van der Waals surface area contributed by atoms with Crippen molar-refractivity contribution in [1.29, 1.82) is 0 Å². The van der Waals surface area contributed by atoms with E-state index in [0.29, 0.717) is 19.5 Å². The molecule has 0 spiro atoms. The van der Waals surface area contributed by atoms with E-state index in [1.54, 1.807) is 6.33 Å². The Morgan fingerprint density at radius 2 is 2.04 bits per heavy atom. The van der Waals surface area contributed by atoms with E-state index >= 15 is 0 Å². The lowest BCUT2D eigenvalue weighted by Crippen LogP contribution is -2.29. The number of rotatable bonds is 5. The van der Waals surface area contributed by atoms with Gasteiger partial charge in [0, 0.05) is 19.0 Å². The standard InChI is InChI=1S/C16H17F3N4O/c1-10-22-21-9-23(10)7-6-20-15(24)14-8-13(14)11-2-4-12(5-3-11)16(17,18)19/h2-5,9,13-14H,6-8H2,1H3,(H,20,24)/t13-,14+/m0/s1. The minimum absolute atomic E-state index is 0.00364. The molecule has 0 unspecified atom stereocenters. The highest BCUT2D eigenvalue weighted by atomic mass is 19.4. The van der Waals surface area contributed by atoms with E-state index in [1.165, 1.54) is 12.1 Å². The Labute approximate surface area is 136 Å². The van der Waals surface area contributed by atoms with Gasteiger partial charge in [-0.2, -0.15) is 13.2 Å².